The highest BCUT2D eigenvalue weighted by Crippen LogP contribution is 2.31. The first-order valence-electron chi connectivity index (χ1n) is 6.96. The third-order valence-electron chi connectivity index (χ3n) is 3.99. The van der Waals surface area contributed by atoms with Gasteiger partial charge in [-0.3, -0.25) is 14.9 Å². The van der Waals surface area contributed by atoms with Gasteiger partial charge in [-0.1, -0.05) is 6.07 Å². The molecule has 1 saturated carbocycles. The summed E-state index contributed by atoms with van der Waals surface area (Å²) >= 11 is 0. The summed E-state index contributed by atoms with van der Waals surface area (Å²) in [4.78, 5) is 22.3. The van der Waals surface area contributed by atoms with Crippen LogP contribution in [0.4, 0.5) is 15.8 Å². The van der Waals surface area contributed by atoms with Crippen molar-refractivity contribution < 1.29 is 14.1 Å². The minimum Gasteiger partial charge on any atom is -0.330 e. The predicted octanol–water partition coefficient (Wildman–Crippen LogP) is 2.44. The molecule has 0 aliphatic heterocycles. The van der Waals surface area contributed by atoms with Crippen LogP contribution in [0, 0.1) is 27.8 Å². The van der Waals surface area contributed by atoms with Gasteiger partial charge in [0.25, 0.3) is 5.69 Å². The number of nitro groups is 1. The van der Waals surface area contributed by atoms with E-state index in [4.69, 9.17) is 5.73 Å². The van der Waals surface area contributed by atoms with Gasteiger partial charge in [-0.25, -0.2) is 4.39 Å². The van der Waals surface area contributed by atoms with Gasteiger partial charge in [0.2, 0.25) is 5.91 Å². The quantitative estimate of drug-likeness (QED) is 0.658. The van der Waals surface area contributed by atoms with Crippen LogP contribution in [0.1, 0.15) is 25.7 Å². The maximum atomic E-state index is 13.7. The number of benzene rings is 1. The smallest absolute Gasteiger partial charge is 0.295 e. The number of halogens is 1. The van der Waals surface area contributed by atoms with E-state index in [1.807, 2.05) is 0 Å². The van der Waals surface area contributed by atoms with Crippen LogP contribution in [0.3, 0.4) is 0 Å². The SMILES string of the molecule is NCC1CCC(C(=O)Nc2c(F)cccc2[N+](=O)[O-])CC1. The van der Waals surface area contributed by atoms with Crippen molar-refractivity contribution in [2.24, 2.45) is 17.6 Å². The topological polar surface area (TPSA) is 98.3 Å². The van der Waals surface area contributed by atoms with Crippen LogP contribution in [-0.4, -0.2) is 17.4 Å². The van der Waals surface area contributed by atoms with Crippen LogP contribution in [0.2, 0.25) is 0 Å². The van der Waals surface area contributed by atoms with E-state index in [0.29, 0.717) is 25.3 Å². The van der Waals surface area contributed by atoms with Crippen molar-refractivity contribution in [1.82, 2.24) is 0 Å². The summed E-state index contributed by atoms with van der Waals surface area (Å²) in [6, 6.07) is 3.51. The first kappa shape index (κ1) is 15.4. The summed E-state index contributed by atoms with van der Waals surface area (Å²) < 4.78 is 13.7. The van der Waals surface area contributed by atoms with E-state index in [1.165, 1.54) is 12.1 Å². The molecule has 0 atom stereocenters. The second-order valence-corrected chi connectivity index (χ2v) is 5.33. The molecule has 0 unspecified atom stereocenters. The van der Waals surface area contributed by atoms with Crippen LogP contribution in [0.25, 0.3) is 0 Å². The van der Waals surface area contributed by atoms with Crippen molar-refractivity contribution in [2.75, 3.05) is 11.9 Å². The van der Waals surface area contributed by atoms with Gasteiger partial charge in [0.15, 0.2) is 11.5 Å². The van der Waals surface area contributed by atoms with E-state index in [9.17, 15) is 19.3 Å². The Labute approximate surface area is 121 Å². The molecule has 1 aliphatic carbocycles. The van der Waals surface area contributed by atoms with Gasteiger partial charge >= 0.3 is 0 Å². The van der Waals surface area contributed by atoms with E-state index in [-0.39, 0.29) is 17.5 Å². The molecule has 114 valence electrons. The molecule has 1 aliphatic rings. The number of hydrogen-bond acceptors (Lipinski definition) is 4. The summed E-state index contributed by atoms with van der Waals surface area (Å²) in [5.41, 5.74) is 4.81. The predicted molar refractivity (Wildman–Crippen MR) is 76.2 cm³/mol. The van der Waals surface area contributed by atoms with Crippen molar-refractivity contribution in [2.45, 2.75) is 25.7 Å². The number of carbonyl (C=O) groups excluding carboxylic acids is 1. The molecule has 1 amide bonds. The highest BCUT2D eigenvalue weighted by molar-refractivity contribution is 5.94. The van der Waals surface area contributed by atoms with E-state index in [0.717, 1.165) is 18.9 Å². The summed E-state index contributed by atoms with van der Waals surface area (Å²) in [5.74, 6) is -0.976. The molecule has 21 heavy (non-hydrogen) atoms. The fraction of sp³-hybridized carbons (Fsp3) is 0.500. The number of nitrogens with zero attached hydrogens (tertiary/aromatic N) is 1. The Hall–Kier alpha value is -2.02. The maximum Gasteiger partial charge on any atom is 0.295 e. The molecular weight excluding hydrogens is 277 g/mol. The minimum absolute atomic E-state index is 0.244. The number of nitro benzene ring substituents is 1. The number of anilines is 1. The molecule has 0 heterocycles. The number of nitrogens with one attached hydrogen (secondary N) is 1. The van der Waals surface area contributed by atoms with Crippen LogP contribution in [0.5, 0.6) is 0 Å². The standard InChI is InChI=1S/C14H18FN3O3/c15-11-2-1-3-12(18(20)21)13(11)17-14(19)10-6-4-9(8-16)5-7-10/h1-3,9-10H,4-8,16H2,(H,17,19). The normalized spacial score (nSPS) is 21.8. The summed E-state index contributed by atoms with van der Waals surface area (Å²) in [6.07, 6.45) is 3.06. The lowest BCUT2D eigenvalue weighted by atomic mass is 9.81. The molecule has 1 aromatic rings. The van der Waals surface area contributed by atoms with Gasteiger partial charge in [-0.15, -0.1) is 0 Å². The fourth-order valence-electron chi connectivity index (χ4n) is 2.67. The Morgan fingerprint density at radius 3 is 2.62 bits per heavy atom. The molecule has 0 saturated heterocycles. The lowest BCUT2D eigenvalue weighted by Crippen LogP contribution is -2.29. The summed E-state index contributed by atoms with van der Waals surface area (Å²) in [5, 5.41) is 13.3. The van der Waals surface area contributed by atoms with Crippen molar-refractivity contribution in [1.29, 1.82) is 0 Å². The maximum absolute atomic E-state index is 13.7. The van der Waals surface area contributed by atoms with Gasteiger partial charge in [-0.05, 0) is 44.2 Å². The number of amides is 1. The summed E-state index contributed by atoms with van der Waals surface area (Å²) in [6.45, 7) is 0.604. The van der Waals surface area contributed by atoms with E-state index in [1.54, 1.807) is 0 Å². The van der Waals surface area contributed by atoms with Crippen LogP contribution < -0.4 is 11.1 Å². The molecule has 6 nitrogen and oxygen atoms in total. The van der Waals surface area contributed by atoms with Crippen molar-refractivity contribution >= 4 is 17.3 Å². The zero-order valence-corrected chi connectivity index (χ0v) is 11.5. The van der Waals surface area contributed by atoms with Gasteiger partial charge in [-0.2, -0.15) is 0 Å². The highest BCUT2D eigenvalue weighted by Gasteiger charge is 2.28. The van der Waals surface area contributed by atoms with E-state index < -0.39 is 16.4 Å². The van der Waals surface area contributed by atoms with Crippen LogP contribution in [-0.2, 0) is 4.79 Å². The van der Waals surface area contributed by atoms with Crippen LogP contribution in [0.15, 0.2) is 18.2 Å². The van der Waals surface area contributed by atoms with E-state index in [2.05, 4.69) is 5.32 Å². The van der Waals surface area contributed by atoms with Gasteiger partial charge < -0.3 is 11.1 Å². The third kappa shape index (κ3) is 3.55. The zero-order valence-electron chi connectivity index (χ0n) is 11.5. The second kappa shape index (κ2) is 6.62. The summed E-state index contributed by atoms with van der Waals surface area (Å²) in [7, 11) is 0. The molecule has 0 bridgehead atoms. The van der Waals surface area contributed by atoms with Gasteiger partial charge in [0.1, 0.15) is 0 Å². The van der Waals surface area contributed by atoms with Crippen molar-refractivity contribution in [3.8, 4) is 0 Å². The molecule has 0 radical (unpaired) electrons. The molecular formula is C14H18FN3O3. The largest absolute Gasteiger partial charge is 0.330 e. The highest BCUT2D eigenvalue weighted by atomic mass is 19.1. The average Bonchev–Trinajstić information content (AvgIpc) is 2.49. The molecule has 7 heteroatoms. The lowest BCUT2D eigenvalue weighted by molar-refractivity contribution is -0.384. The molecule has 1 fully saturated rings. The Morgan fingerprint density at radius 1 is 1.38 bits per heavy atom. The number of para-hydroxylation sites is 1. The first-order chi connectivity index (χ1) is 10.0. The Kier molecular flexibility index (Phi) is 4.85. The second-order valence-electron chi connectivity index (χ2n) is 5.33. The number of carbonyl (C=O) groups is 1. The van der Waals surface area contributed by atoms with Crippen molar-refractivity contribution in [3.63, 3.8) is 0 Å². The monoisotopic (exact) mass is 295 g/mol. The number of rotatable bonds is 4. The molecule has 3 N–H and O–H groups in total. The number of nitrogens with two attached hydrogens (primary N) is 1. The van der Waals surface area contributed by atoms with Crippen molar-refractivity contribution in [3.05, 3.63) is 34.1 Å². The Morgan fingerprint density at radius 2 is 2.05 bits per heavy atom. The molecule has 0 aromatic heterocycles. The first-order valence-corrected chi connectivity index (χ1v) is 6.96. The average molecular weight is 295 g/mol. The number of hydrogen-bond donors (Lipinski definition) is 2. The Balaban J connectivity index is 2.08. The van der Waals surface area contributed by atoms with E-state index >= 15 is 0 Å². The third-order valence-corrected chi connectivity index (χ3v) is 3.99. The van der Waals surface area contributed by atoms with Crippen LogP contribution >= 0.6 is 0 Å². The zero-order chi connectivity index (χ0) is 15.4. The van der Waals surface area contributed by atoms with Gasteiger partial charge in [0, 0.05) is 12.0 Å². The van der Waals surface area contributed by atoms with Gasteiger partial charge in [0.05, 0.1) is 4.92 Å². The lowest BCUT2D eigenvalue weighted by Gasteiger charge is -2.26. The molecule has 2 rings (SSSR count). The minimum atomic E-state index is -0.798. The molecule has 0 spiro atoms. The fourth-order valence-corrected chi connectivity index (χ4v) is 2.67. The molecule has 1 aromatic carbocycles. The Bertz CT molecular complexity index is 542.